The van der Waals surface area contributed by atoms with E-state index in [0.29, 0.717) is 6.54 Å². The number of pyridine rings is 1. The number of benzene rings is 1. The molecule has 2 N–H and O–H groups in total. The summed E-state index contributed by atoms with van der Waals surface area (Å²) < 4.78 is 13.5. The fourth-order valence-electron chi connectivity index (χ4n) is 4.56. The lowest BCUT2D eigenvalue weighted by atomic mass is 10.2. The van der Waals surface area contributed by atoms with Gasteiger partial charge in [0.1, 0.15) is 11.2 Å². The first-order valence-corrected chi connectivity index (χ1v) is 11.6. The van der Waals surface area contributed by atoms with Crippen LogP contribution in [0.2, 0.25) is 0 Å². The van der Waals surface area contributed by atoms with Gasteiger partial charge in [-0.15, -0.1) is 0 Å². The number of aromatic nitrogens is 1. The number of rotatable bonds is 3. The van der Waals surface area contributed by atoms with Crippen LogP contribution in [0.25, 0.3) is 0 Å². The Morgan fingerprint density at radius 1 is 1.10 bits per heavy atom. The molecule has 1 saturated heterocycles. The Kier molecular flexibility index (Phi) is 5.25. The molecule has 1 aromatic heterocycles. The van der Waals surface area contributed by atoms with Crippen molar-refractivity contribution in [1.82, 2.24) is 9.88 Å². The number of nitrogen functional groups attached to an aromatic ring is 1. The minimum atomic E-state index is -0.438. The van der Waals surface area contributed by atoms with Crippen LogP contribution < -0.4 is 15.5 Å². The molecule has 0 saturated carbocycles. The van der Waals surface area contributed by atoms with Crippen molar-refractivity contribution in [2.24, 2.45) is 0 Å². The van der Waals surface area contributed by atoms with Crippen molar-refractivity contribution in [2.45, 2.75) is 24.6 Å². The highest BCUT2D eigenvalue weighted by Gasteiger charge is 2.37. The molecule has 162 valence electrons. The fourth-order valence-corrected chi connectivity index (χ4v) is 5.90. The average molecular weight is 440 g/mol. The maximum atomic E-state index is 13.5. The standard InChI is InChI=1S/C23H26FN5OS/c1-27-20-8-11-29(15-4-6-17(24)18(25)12-15)14-21(30)22(20)31-23(27)19-7-5-16(13-26-19)28-9-2-3-10-28/h4-7,12-13,23H,2-3,8-11,14,25H2,1H3. The molecule has 0 radical (unpaired) electrons. The Hall–Kier alpha value is -2.74. The maximum Gasteiger partial charge on any atom is 0.190 e. The van der Waals surface area contributed by atoms with Gasteiger partial charge in [-0.2, -0.15) is 0 Å². The summed E-state index contributed by atoms with van der Waals surface area (Å²) in [6, 6.07) is 8.88. The Morgan fingerprint density at radius 3 is 2.58 bits per heavy atom. The van der Waals surface area contributed by atoms with Gasteiger partial charge >= 0.3 is 0 Å². The lowest BCUT2D eigenvalue weighted by molar-refractivity contribution is -0.113. The first-order chi connectivity index (χ1) is 15.0. The average Bonchev–Trinajstić information content (AvgIpc) is 3.38. The number of halogens is 1. The van der Waals surface area contributed by atoms with Gasteiger partial charge in [0.05, 0.1) is 34.7 Å². The molecule has 8 heteroatoms. The number of carbonyl (C=O) groups excluding carboxylic acids is 1. The Balaban J connectivity index is 1.31. The minimum Gasteiger partial charge on any atom is -0.396 e. The summed E-state index contributed by atoms with van der Waals surface area (Å²) >= 11 is 1.59. The van der Waals surface area contributed by atoms with Crippen LogP contribution in [0.1, 0.15) is 30.3 Å². The van der Waals surface area contributed by atoms with E-state index in [0.717, 1.165) is 41.5 Å². The van der Waals surface area contributed by atoms with Crippen LogP contribution in [0.15, 0.2) is 47.1 Å². The van der Waals surface area contributed by atoms with E-state index < -0.39 is 5.82 Å². The van der Waals surface area contributed by atoms with Gasteiger partial charge < -0.3 is 20.4 Å². The third-order valence-corrected chi connectivity index (χ3v) is 7.80. The van der Waals surface area contributed by atoms with Gasteiger partial charge in [-0.3, -0.25) is 9.78 Å². The van der Waals surface area contributed by atoms with Crippen molar-refractivity contribution in [3.05, 3.63) is 58.6 Å². The molecule has 1 fully saturated rings. The molecule has 31 heavy (non-hydrogen) atoms. The molecule has 1 unspecified atom stereocenters. The van der Waals surface area contributed by atoms with Gasteiger partial charge in [-0.1, -0.05) is 11.8 Å². The van der Waals surface area contributed by atoms with Gasteiger partial charge in [-0.05, 0) is 43.2 Å². The van der Waals surface area contributed by atoms with Crippen LogP contribution >= 0.6 is 11.8 Å². The summed E-state index contributed by atoms with van der Waals surface area (Å²) in [4.78, 5) is 25.2. The lowest BCUT2D eigenvalue weighted by Gasteiger charge is -2.27. The summed E-state index contributed by atoms with van der Waals surface area (Å²) in [5.41, 5.74) is 9.81. The molecular weight excluding hydrogens is 413 g/mol. The SMILES string of the molecule is CN1C2=C(SC1c1ccc(N3CCCC3)cn1)C(=O)CN(c1ccc(F)c(N)c1)CC2. The van der Waals surface area contributed by atoms with Crippen molar-refractivity contribution in [3.63, 3.8) is 0 Å². The molecule has 6 nitrogen and oxygen atoms in total. The highest BCUT2D eigenvalue weighted by atomic mass is 32.2. The molecule has 1 atom stereocenters. The molecule has 1 aromatic carbocycles. The Morgan fingerprint density at radius 2 is 1.87 bits per heavy atom. The second-order valence-corrected chi connectivity index (χ2v) is 9.38. The highest BCUT2D eigenvalue weighted by Crippen LogP contribution is 2.48. The second-order valence-electron chi connectivity index (χ2n) is 8.29. The zero-order valence-electron chi connectivity index (χ0n) is 17.6. The summed E-state index contributed by atoms with van der Waals surface area (Å²) in [7, 11) is 2.04. The zero-order valence-corrected chi connectivity index (χ0v) is 18.4. The van der Waals surface area contributed by atoms with Crippen LogP contribution in [0.4, 0.5) is 21.5 Å². The quantitative estimate of drug-likeness (QED) is 0.731. The predicted octanol–water partition coefficient (Wildman–Crippen LogP) is 3.77. The number of nitrogens with zero attached hydrogens (tertiary/aromatic N) is 4. The molecule has 0 amide bonds. The largest absolute Gasteiger partial charge is 0.396 e. The molecule has 0 bridgehead atoms. The van der Waals surface area contributed by atoms with E-state index in [1.807, 2.05) is 18.1 Å². The first kappa shape index (κ1) is 20.2. The molecule has 3 aliphatic heterocycles. The number of thioether (sulfide) groups is 1. The first-order valence-electron chi connectivity index (χ1n) is 10.7. The van der Waals surface area contributed by atoms with E-state index in [1.165, 1.54) is 24.6 Å². The van der Waals surface area contributed by atoms with Crippen molar-refractivity contribution in [3.8, 4) is 0 Å². The number of nitrogens with two attached hydrogens (primary N) is 1. The Labute approximate surface area is 185 Å². The topological polar surface area (TPSA) is 65.7 Å². The third kappa shape index (κ3) is 3.73. The molecule has 5 rings (SSSR count). The number of hydrogen-bond acceptors (Lipinski definition) is 7. The van der Waals surface area contributed by atoms with Gasteiger partial charge in [0.25, 0.3) is 0 Å². The van der Waals surface area contributed by atoms with E-state index in [1.54, 1.807) is 23.9 Å². The molecule has 0 spiro atoms. The van der Waals surface area contributed by atoms with Crippen LogP contribution in [-0.4, -0.2) is 48.9 Å². The monoisotopic (exact) mass is 439 g/mol. The van der Waals surface area contributed by atoms with Crippen LogP contribution in [-0.2, 0) is 4.79 Å². The highest BCUT2D eigenvalue weighted by molar-refractivity contribution is 8.04. The molecule has 2 aromatic rings. The summed E-state index contributed by atoms with van der Waals surface area (Å²) in [5, 5.41) is 0.00888. The van der Waals surface area contributed by atoms with Crippen molar-refractivity contribution in [2.75, 3.05) is 48.8 Å². The smallest absolute Gasteiger partial charge is 0.190 e. The lowest BCUT2D eigenvalue weighted by Crippen LogP contribution is -2.30. The molecule has 0 aliphatic carbocycles. The van der Waals surface area contributed by atoms with E-state index in [9.17, 15) is 9.18 Å². The fraction of sp³-hybridized carbons (Fsp3) is 0.391. The van der Waals surface area contributed by atoms with Gasteiger partial charge in [-0.25, -0.2) is 4.39 Å². The number of anilines is 3. The Bertz CT molecular complexity index is 1030. The second kappa shape index (κ2) is 8.07. The molecule has 4 heterocycles. The minimum absolute atomic E-state index is 0.00888. The summed E-state index contributed by atoms with van der Waals surface area (Å²) in [5.74, 6) is -0.352. The molecule has 3 aliphatic rings. The predicted molar refractivity (Wildman–Crippen MR) is 123 cm³/mol. The van der Waals surface area contributed by atoms with E-state index >= 15 is 0 Å². The number of carbonyl (C=O) groups is 1. The van der Waals surface area contributed by atoms with Gasteiger partial charge in [0, 0.05) is 44.5 Å². The third-order valence-electron chi connectivity index (χ3n) is 6.32. The normalized spacial score (nSPS) is 21.7. The summed E-state index contributed by atoms with van der Waals surface area (Å²) in [6.07, 6.45) is 5.18. The van der Waals surface area contributed by atoms with E-state index in [2.05, 4.69) is 21.9 Å². The van der Waals surface area contributed by atoms with Crippen molar-refractivity contribution >= 4 is 34.6 Å². The number of hydrogen-bond donors (Lipinski definition) is 1. The van der Waals surface area contributed by atoms with Crippen LogP contribution in [0.3, 0.4) is 0 Å². The number of Topliss-reactive ketones (excluding diaryl/α,β-unsaturated/α-hetero) is 1. The van der Waals surface area contributed by atoms with Gasteiger partial charge in [0.2, 0.25) is 0 Å². The maximum absolute atomic E-state index is 13.5. The molecular formula is C23H26FN5OS. The van der Waals surface area contributed by atoms with E-state index in [-0.39, 0.29) is 23.4 Å². The summed E-state index contributed by atoms with van der Waals surface area (Å²) in [6.45, 7) is 3.13. The zero-order chi connectivity index (χ0) is 21.5. The number of ketones is 1. The van der Waals surface area contributed by atoms with E-state index in [4.69, 9.17) is 10.7 Å². The van der Waals surface area contributed by atoms with Crippen LogP contribution in [0.5, 0.6) is 0 Å². The van der Waals surface area contributed by atoms with Crippen molar-refractivity contribution in [1.29, 1.82) is 0 Å². The van der Waals surface area contributed by atoms with Gasteiger partial charge in [0.15, 0.2) is 5.78 Å². The van der Waals surface area contributed by atoms with Crippen molar-refractivity contribution < 1.29 is 9.18 Å². The van der Waals surface area contributed by atoms with Crippen LogP contribution in [0, 0.1) is 5.82 Å².